The number of carbonyl (C=O) groups is 1. The molecule has 1 aliphatic rings. The minimum Gasteiger partial charge on any atom is -0.377 e. The second kappa shape index (κ2) is 8.23. The largest absolute Gasteiger partial charge is 0.377 e. The molecule has 0 atom stereocenters. The van der Waals surface area contributed by atoms with Gasteiger partial charge in [0, 0.05) is 50.3 Å². The Morgan fingerprint density at radius 2 is 2.00 bits per heavy atom. The second-order valence-corrected chi connectivity index (χ2v) is 7.72. The summed E-state index contributed by atoms with van der Waals surface area (Å²) in [6, 6.07) is 8.34. The summed E-state index contributed by atoms with van der Waals surface area (Å²) in [5.41, 5.74) is 2.36. The van der Waals surface area contributed by atoms with Crippen molar-refractivity contribution in [3.05, 3.63) is 36.0 Å². The Hall–Kier alpha value is -1.85. The molecule has 0 unspecified atom stereocenters. The van der Waals surface area contributed by atoms with E-state index < -0.39 is 0 Å². The second-order valence-electron chi connectivity index (χ2n) is 7.72. The summed E-state index contributed by atoms with van der Waals surface area (Å²) in [5.74, 6) is 0.277. The standard InChI is InChI=1S/C21H31N3O2/c1-23(2)16-21(26-3)11-13-24(14-12-21)20(25)10-6-7-17-15-22-19-9-5-4-8-18(17)19/h4-5,8-9,15,22H,6-7,10-14,16H2,1-3H3. The first-order valence-corrected chi connectivity index (χ1v) is 9.56. The summed E-state index contributed by atoms with van der Waals surface area (Å²) in [4.78, 5) is 20.1. The molecule has 1 aromatic carbocycles. The maximum absolute atomic E-state index is 12.6. The number of likely N-dealkylation sites (tertiary alicyclic amines) is 1. The Morgan fingerprint density at radius 3 is 2.69 bits per heavy atom. The maximum atomic E-state index is 12.6. The molecule has 0 bridgehead atoms. The number of para-hydroxylation sites is 1. The topological polar surface area (TPSA) is 48.6 Å². The van der Waals surface area contributed by atoms with Gasteiger partial charge in [-0.1, -0.05) is 18.2 Å². The molecule has 1 aliphatic heterocycles. The number of H-pyrrole nitrogens is 1. The summed E-state index contributed by atoms with van der Waals surface area (Å²) < 4.78 is 5.81. The summed E-state index contributed by atoms with van der Waals surface area (Å²) in [7, 11) is 5.94. The van der Waals surface area contributed by atoms with Gasteiger partial charge < -0.3 is 19.5 Å². The Morgan fingerprint density at radius 1 is 1.27 bits per heavy atom. The first kappa shape index (κ1) is 18.9. The number of nitrogens with one attached hydrogen (secondary N) is 1. The van der Waals surface area contributed by atoms with Crippen molar-refractivity contribution in [3.63, 3.8) is 0 Å². The number of fused-ring (bicyclic) bond motifs is 1. The van der Waals surface area contributed by atoms with E-state index >= 15 is 0 Å². The molecule has 1 N–H and O–H groups in total. The van der Waals surface area contributed by atoms with Gasteiger partial charge in [0.2, 0.25) is 5.91 Å². The summed E-state index contributed by atoms with van der Waals surface area (Å²) in [5, 5.41) is 1.27. The highest BCUT2D eigenvalue weighted by atomic mass is 16.5. The molecule has 142 valence electrons. The fraction of sp³-hybridized carbons (Fsp3) is 0.571. The van der Waals surface area contributed by atoms with Crippen molar-refractivity contribution < 1.29 is 9.53 Å². The van der Waals surface area contributed by atoms with Crippen LogP contribution in [0.2, 0.25) is 0 Å². The summed E-state index contributed by atoms with van der Waals surface area (Å²) in [6.45, 7) is 2.51. The van der Waals surface area contributed by atoms with E-state index in [1.165, 1.54) is 16.5 Å². The van der Waals surface area contributed by atoms with Crippen molar-refractivity contribution in [2.24, 2.45) is 0 Å². The Kier molecular flexibility index (Phi) is 5.99. The third-order valence-electron chi connectivity index (χ3n) is 5.58. The number of rotatable bonds is 7. The Bertz CT molecular complexity index is 730. The van der Waals surface area contributed by atoms with E-state index in [0.29, 0.717) is 6.42 Å². The van der Waals surface area contributed by atoms with Crippen molar-refractivity contribution >= 4 is 16.8 Å². The van der Waals surface area contributed by atoms with Gasteiger partial charge in [0.1, 0.15) is 0 Å². The molecule has 0 saturated carbocycles. The molecule has 2 aromatic rings. The Labute approximate surface area is 156 Å². The van der Waals surface area contributed by atoms with Crippen LogP contribution in [0, 0.1) is 0 Å². The van der Waals surface area contributed by atoms with Gasteiger partial charge >= 0.3 is 0 Å². The molecule has 1 fully saturated rings. The monoisotopic (exact) mass is 357 g/mol. The molecule has 1 saturated heterocycles. The molecular formula is C21H31N3O2. The van der Waals surface area contributed by atoms with Gasteiger partial charge in [-0.25, -0.2) is 0 Å². The first-order chi connectivity index (χ1) is 12.5. The van der Waals surface area contributed by atoms with Crippen LogP contribution < -0.4 is 0 Å². The number of aromatic nitrogens is 1. The Balaban J connectivity index is 1.47. The van der Waals surface area contributed by atoms with Gasteiger partial charge in [-0.15, -0.1) is 0 Å². The highest BCUT2D eigenvalue weighted by molar-refractivity contribution is 5.83. The molecule has 5 nitrogen and oxygen atoms in total. The fourth-order valence-corrected chi connectivity index (χ4v) is 4.09. The summed E-state index contributed by atoms with van der Waals surface area (Å²) in [6.07, 6.45) is 6.35. The van der Waals surface area contributed by atoms with E-state index in [2.05, 4.69) is 48.4 Å². The summed E-state index contributed by atoms with van der Waals surface area (Å²) >= 11 is 0. The number of amides is 1. The molecule has 26 heavy (non-hydrogen) atoms. The van der Waals surface area contributed by atoms with Crippen molar-refractivity contribution in [1.29, 1.82) is 0 Å². The van der Waals surface area contributed by atoms with E-state index in [1.54, 1.807) is 7.11 Å². The zero-order valence-electron chi connectivity index (χ0n) is 16.3. The van der Waals surface area contributed by atoms with Crippen molar-refractivity contribution in [3.8, 4) is 0 Å². The van der Waals surface area contributed by atoms with Gasteiger partial charge in [-0.05, 0) is 51.4 Å². The maximum Gasteiger partial charge on any atom is 0.222 e. The number of aromatic amines is 1. The number of ether oxygens (including phenoxy) is 1. The lowest BCUT2D eigenvalue weighted by Crippen LogP contribution is -2.52. The lowest BCUT2D eigenvalue weighted by atomic mass is 9.90. The number of hydrogen-bond donors (Lipinski definition) is 1. The lowest BCUT2D eigenvalue weighted by Gasteiger charge is -2.42. The normalized spacial score (nSPS) is 17.2. The molecule has 2 heterocycles. The van der Waals surface area contributed by atoms with Crippen LogP contribution in [0.25, 0.3) is 10.9 Å². The fourth-order valence-electron chi connectivity index (χ4n) is 4.09. The third kappa shape index (κ3) is 4.27. The van der Waals surface area contributed by atoms with Crippen LogP contribution in [0.1, 0.15) is 31.2 Å². The number of hydrogen-bond acceptors (Lipinski definition) is 3. The minimum absolute atomic E-state index is 0.107. The van der Waals surface area contributed by atoms with Crippen LogP contribution in [0.15, 0.2) is 30.5 Å². The lowest BCUT2D eigenvalue weighted by molar-refractivity contribution is -0.137. The SMILES string of the molecule is COC1(CN(C)C)CCN(C(=O)CCCc2c[nH]c3ccccc23)CC1. The molecule has 0 radical (unpaired) electrons. The number of benzene rings is 1. The molecule has 3 rings (SSSR count). The van der Waals surface area contributed by atoms with E-state index in [4.69, 9.17) is 4.74 Å². The highest BCUT2D eigenvalue weighted by Gasteiger charge is 2.36. The average Bonchev–Trinajstić information content (AvgIpc) is 3.05. The van der Waals surface area contributed by atoms with Gasteiger partial charge in [-0.3, -0.25) is 4.79 Å². The van der Waals surface area contributed by atoms with Crippen LogP contribution in [0.3, 0.4) is 0 Å². The van der Waals surface area contributed by atoms with Gasteiger partial charge in [0.15, 0.2) is 0 Å². The molecule has 1 aromatic heterocycles. The van der Waals surface area contributed by atoms with Crippen molar-refractivity contribution in [2.75, 3.05) is 40.8 Å². The van der Waals surface area contributed by atoms with Gasteiger partial charge in [-0.2, -0.15) is 0 Å². The predicted octanol–water partition coefficient (Wildman–Crippen LogP) is 3.06. The quantitative estimate of drug-likeness (QED) is 0.828. The highest BCUT2D eigenvalue weighted by Crippen LogP contribution is 2.27. The van der Waals surface area contributed by atoms with Crippen molar-refractivity contribution in [1.82, 2.24) is 14.8 Å². The van der Waals surface area contributed by atoms with E-state index in [0.717, 1.165) is 45.3 Å². The van der Waals surface area contributed by atoms with Crippen LogP contribution in [-0.2, 0) is 16.0 Å². The zero-order chi connectivity index (χ0) is 18.6. The number of aryl methyl sites for hydroxylation is 1. The van der Waals surface area contributed by atoms with E-state index in [1.807, 2.05) is 11.0 Å². The van der Waals surface area contributed by atoms with Crippen LogP contribution in [0.4, 0.5) is 0 Å². The van der Waals surface area contributed by atoms with Crippen LogP contribution in [0.5, 0.6) is 0 Å². The molecule has 5 heteroatoms. The number of likely N-dealkylation sites (N-methyl/N-ethyl adjacent to an activating group) is 1. The van der Waals surface area contributed by atoms with Gasteiger partial charge in [0.05, 0.1) is 5.60 Å². The molecule has 0 spiro atoms. The minimum atomic E-state index is -0.107. The number of piperidine rings is 1. The van der Waals surface area contributed by atoms with Gasteiger partial charge in [0.25, 0.3) is 0 Å². The predicted molar refractivity (Wildman–Crippen MR) is 105 cm³/mol. The molecule has 0 aliphatic carbocycles. The third-order valence-corrected chi connectivity index (χ3v) is 5.58. The molecular weight excluding hydrogens is 326 g/mol. The van der Waals surface area contributed by atoms with Crippen LogP contribution >= 0.6 is 0 Å². The first-order valence-electron chi connectivity index (χ1n) is 9.56. The number of methoxy groups -OCH3 is 1. The van der Waals surface area contributed by atoms with E-state index in [9.17, 15) is 4.79 Å². The average molecular weight is 357 g/mol. The van der Waals surface area contributed by atoms with E-state index in [-0.39, 0.29) is 11.5 Å². The molecule has 1 amide bonds. The number of nitrogens with zero attached hydrogens (tertiary/aromatic N) is 2. The smallest absolute Gasteiger partial charge is 0.222 e. The number of carbonyl (C=O) groups excluding carboxylic acids is 1. The van der Waals surface area contributed by atoms with Crippen molar-refractivity contribution in [2.45, 2.75) is 37.7 Å². The van der Waals surface area contributed by atoms with Crippen LogP contribution in [-0.4, -0.2) is 67.1 Å². The zero-order valence-corrected chi connectivity index (χ0v) is 16.3.